The van der Waals surface area contributed by atoms with Crippen LogP contribution in [-0.2, 0) is 16.1 Å². The van der Waals surface area contributed by atoms with E-state index in [1.165, 1.54) is 17.0 Å². The second kappa shape index (κ2) is 7.05. The molecule has 24 heavy (non-hydrogen) atoms. The summed E-state index contributed by atoms with van der Waals surface area (Å²) in [4.78, 5) is 24.9. The van der Waals surface area contributed by atoms with Gasteiger partial charge in [0.2, 0.25) is 0 Å². The molecular weight excluding hydrogens is 310 g/mol. The number of carbonyl (C=O) groups excluding carboxylic acids is 1. The van der Waals surface area contributed by atoms with Gasteiger partial charge in [0, 0.05) is 35.9 Å². The Morgan fingerprint density at radius 3 is 2.79 bits per heavy atom. The number of quaternary nitrogens is 1. The Bertz CT molecular complexity index is 790. The van der Waals surface area contributed by atoms with Gasteiger partial charge < -0.3 is 19.2 Å². The quantitative estimate of drug-likeness (QED) is 0.641. The zero-order valence-corrected chi connectivity index (χ0v) is 13.7. The third-order valence-electron chi connectivity index (χ3n) is 4.57. The van der Waals surface area contributed by atoms with Gasteiger partial charge in [0.1, 0.15) is 17.9 Å². The number of benzene rings is 1. The Hall–Kier alpha value is -2.34. The van der Waals surface area contributed by atoms with Crippen LogP contribution < -0.4 is 10.5 Å². The minimum Gasteiger partial charge on any atom is -0.508 e. The molecule has 1 aromatic heterocycles. The number of likely N-dealkylation sites (tertiary alicyclic amines) is 1. The first-order valence-corrected chi connectivity index (χ1v) is 8.32. The smallest absolute Gasteiger partial charge is 0.336 e. The van der Waals surface area contributed by atoms with Crippen LogP contribution in [0, 0.1) is 5.92 Å². The van der Waals surface area contributed by atoms with E-state index < -0.39 is 5.63 Å². The molecular formula is C18H22NO5+. The van der Waals surface area contributed by atoms with Crippen molar-refractivity contribution in [2.45, 2.75) is 26.3 Å². The second-order valence-electron chi connectivity index (χ2n) is 6.22. The molecule has 2 heterocycles. The van der Waals surface area contributed by atoms with Crippen molar-refractivity contribution < 1.29 is 24.0 Å². The van der Waals surface area contributed by atoms with Gasteiger partial charge in [-0.1, -0.05) is 0 Å². The molecule has 0 atom stereocenters. The number of phenols is 1. The molecule has 1 aliphatic heterocycles. The maximum absolute atomic E-state index is 11.8. The van der Waals surface area contributed by atoms with Crippen LogP contribution in [0.25, 0.3) is 11.0 Å². The Kier molecular flexibility index (Phi) is 4.85. The van der Waals surface area contributed by atoms with E-state index in [-0.39, 0.29) is 17.6 Å². The Balaban J connectivity index is 1.72. The van der Waals surface area contributed by atoms with Crippen molar-refractivity contribution in [3.8, 4) is 5.75 Å². The van der Waals surface area contributed by atoms with Gasteiger partial charge in [-0.3, -0.25) is 4.79 Å². The molecule has 0 bridgehead atoms. The first-order chi connectivity index (χ1) is 11.6. The molecule has 2 N–H and O–H groups in total. The average Bonchev–Trinajstić information content (AvgIpc) is 2.55. The number of hydrogen-bond acceptors (Lipinski definition) is 5. The highest BCUT2D eigenvalue weighted by Gasteiger charge is 2.28. The number of nitrogens with one attached hydrogen (secondary N) is 1. The minimum absolute atomic E-state index is 0.0109. The summed E-state index contributed by atoms with van der Waals surface area (Å²) < 4.78 is 10.3. The molecule has 128 valence electrons. The van der Waals surface area contributed by atoms with E-state index in [1.54, 1.807) is 12.1 Å². The lowest BCUT2D eigenvalue weighted by atomic mass is 9.96. The number of carbonyl (C=O) groups is 1. The van der Waals surface area contributed by atoms with Crippen LogP contribution in [0.5, 0.6) is 5.75 Å². The van der Waals surface area contributed by atoms with E-state index in [1.807, 2.05) is 6.92 Å². The number of phenolic OH excluding ortho intramolecular Hbond substituents is 1. The van der Waals surface area contributed by atoms with Gasteiger partial charge in [-0.25, -0.2) is 4.79 Å². The van der Waals surface area contributed by atoms with Crippen LogP contribution in [0.4, 0.5) is 0 Å². The fraction of sp³-hybridized carbons (Fsp3) is 0.444. The molecule has 6 heteroatoms. The molecule has 1 fully saturated rings. The fourth-order valence-electron chi connectivity index (χ4n) is 3.33. The van der Waals surface area contributed by atoms with Crippen LogP contribution in [0.15, 0.2) is 33.5 Å². The maximum atomic E-state index is 11.8. The highest BCUT2D eigenvalue weighted by Crippen LogP contribution is 2.21. The third-order valence-corrected chi connectivity index (χ3v) is 4.57. The molecule has 2 aromatic rings. The lowest BCUT2D eigenvalue weighted by Gasteiger charge is -2.28. The highest BCUT2D eigenvalue weighted by atomic mass is 16.5. The van der Waals surface area contributed by atoms with Crippen molar-refractivity contribution in [2.75, 3.05) is 19.7 Å². The summed E-state index contributed by atoms with van der Waals surface area (Å²) in [6.45, 7) is 4.67. The van der Waals surface area contributed by atoms with Crippen LogP contribution in [-0.4, -0.2) is 30.8 Å². The summed E-state index contributed by atoms with van der Waals surface area (Å²) >= 11 is 0. The molecule has 0 spiro atoms. The van der Waals surface area contributed by atoms with E-state index in [0.717, 1.165) is 36.9 Å². The molecule has 1 saturated heterocycles. The fourth-order valence-corrected chi connectivity index (χ4v) is 3.33. The second-order valence-corrected chi connectivity index (χ2v) is 6.22. The van der Waals surface area contributed by atoms with Gasteiger partial charge in [0.05, 0.1) is 25.6 Å². The lowest BCUT2D eigenvalue weighted by Crippen LogP contribution is -3.11. The Morgan fingerprint density at radius 1 is 1.33 bits per heavy atom. The number of rotatable bonds is 4. The summed E-state index contributed by atoms with van der Waals surface area (Å²) in [7, 11) is 0. The Morgan fingerprint density at radius 2 is 2.08 bits per heavy atom. The number of piperidine rings is 1. The lowest BCUT2D eigenvalue weighted by molar-refractivity contribution is -0.919. The van der Waals surface area contributed by atoms with Gasteiger partial charge in [-0.15, -0.1) is 0 Å². The number of fused-ring (bicyclic) bond motifs is 1. The maximum Gasteiger partial charge on any atom is 0.336 e. The first kappa shape index (κ1) is 16.5. The molecule has 0 aliphatic carbocycles. The average molecular weight is 332 g/mol. The summed E-state index contributed by atoms with van der Waals surface area (Å²) in [5.74, 6) is -0.0357. The largest absolute Gasteiger partial charge is 0.508 e. The van der Waals surface area contributed by atoms with E-state index in [4.69, 9.17) is 9.15 Å². The predicted octanol–water partition coefficient (Wildman–Crippen LogP) is 0.857. The first-order valence-electron chi connectivity index (χ1n) is 8.32. The monoisotopic (exact) mass is 332 g/mol. The summed E-state index contributed by atoms with van der Waals surface area (Å²) in [5.41, 5.74) is 0.896. The zero-order valence-electron chi connectivity index (χ0n) is 13.7. The molecule has 1 aromatic carbocycles. The van der Waals surface area contributed by atoms with Crippen molar-refractivity contribution in [3.63, 3.8) is 0 Å². The van der Waals surface area contributed by atoms with E-state index >= 15 is 0 Å². The van der Waals surface area contributed by atoms with Gasteiger partial charge in [-0.05, 0) is 19.1 Å². The molecule has 1 aliphatic rings. The molecule has 0 amide bonds. The van der Waals surface area contributed by atoms with Gasteiger partial charge >= 0.3 is 11.6 Å². The van der Waals surface area contributed by atoms with Crippen molar-refractivity contribution in [3.05, 3.63) is 40.2 Å². The van der Waals surface area contributed by atoms with Crippen LogP contribution >= 0.6 is 0 Å². The number of ether oxygens (including phenoxy) is 1. The highest BCUT2D eigenvalue weighted by molar-refractivity contribution is 5.81. The van der Waals surface area contributed by atoms with Crippen molar-refractivity contribution in [1.29, 1.82) is 0 Å². The van der Waals surface area contributed by atoms with Crippen molar-refractivity contribution >= 4 is 16.9 Å². The van der Waals surface area contributed by atoms with Crippen LogP contribution in [0.1, 0.15) is 25.3 Å². The predicted molar refractivity (Wildman–Crippen MR) is 87.9 cm³/mol. The summed E-state index contributed by atoms with van der Waals surface area (Å²) in [5, 5.41) is 10.4. The van der Waals surface area contributed by atoms with Crippen LogP contribution in [0.3, 0.4) is 0 Å². The van der Waals surface area contributed by atoms with Crippen LogP contribution in [0.2, 0.25) is 0 Å². The zero-order chi connectivity index (χ0) is 17.1. The summed E-state index contributed by atoms with van der Waals surface area (Å²) in [6.07, 6.45) is 1.60. The topological polar surface area (TPSA) is 81.2 Å². The molecule has 0 saturated carbocycles. The van der Waals surface area contributed by atoms with E-state index in [2.05, 4.69) is 0 Å². The molecule has 0 radical (unpaired) electrons. The van der Waals surface area contributed by atoms with Gasteiger partial charge in [-0.2, -0.15) is 0 Å². The number of aromatic hydroxyl groups is 1. The Labute approximate surface area is 139 Å². The van der Waals surface area contributed by atoms with Crippen molar-refractivity contribution in [1.82, 2.24) is 0 Å². The van der Waals surface area contributed by atoms with E-state index in [9.17, 15) is 14.7 Å². The summed E-state index contributed by atoms with van der Waals surface area (Å²) in [6, 6.07) is 6.34. The number of hydrogen-bond donors (Lipinski definition) is 2. The normalized spacial score (nSPS) is 20.9. The number of esters is 1. The van der Waals surface area contributed by atoms with Crippen molar-refractivity contribution in [2.24, 2.45) is 5.92 Å². The van der Waals surface area contributed by atoms with E-state index in [0.29, 0.717) is 18.7 Å². The standard InChI is InChI=1S/C18H21NO5/c1-2-23-18(22)12-5-7-19(8-6-12)11-13-9-17(21)24-16-10-14(20)3-4-15(13)16/h3-4,9-10,12,20H,2,5-8,11H2,1H3/p+1. The SMILES string of the molecule is CCOC(=O)C1CC[NH+](Cc2cc(=O)oc3cc(O)ccc23)CC1. The molecule has 6 nitrogen and oxygen atoms in total. The van der Waals surface area contributed by atoms with Gasteiger partial charge in [0.25, 0.3) is 0 Å². The molecule has 0 unspecified atom stereocenters. The van der Waals surface area contributed by atoms with Gasteiger partial charge in [0.15, 0.2) is 0 Å². The minimum atomic E-state index is -0.413. The molecule has 3 rings (SSSR count). The third kappa shape index (κ3) is 3.59.